The Balaban J connectivity index is 2.22. The van der Waals surface area contributed by atoms with Crippen LogP contribution in [0.5, 0.6) is 0 Å². The van der Waals surface area contributed by atoms with Crippen molar-refractivity contribution in [1.82, 2.24) is 5.32 Å². The molecular weight excluding hydrogens is 337 g/mol. The quantitative estimate of drug-likeness (QED) is 0.815. The summed E-state index contributed by atoms with van der Waals surface area (Å²) in [6, 6.07) is 9.28. The molecule has 0 saturated carbocycles. The molecule has 0 amide bonds. The number of nitrogens with one attached hydrogen (secondary N) is 1. The molecule has 1 aromatic heterocycles. The molecule has 0 aliphatic carbocycles. The molecule has 0 radical (unpaired) electrons. The highest BCUT2D eigenvalue weighted by molar-refractivity contribution is 9.10. The van der Waals surface area contributed by atoms with Crippen LogP contribution in [0.2, 0.25) is 0 Å². The smallest absolute Gasteiger partial charge is 0.123 e. The predicted molar refractivity (Wildman–Crippen MR) is 88.0 cm³/mol. The SMILES string of the molecule is CNC(Cc1cc(Br)cs1)C(C)(C)c1ccc(F)cc1. The normalized spacial score (nSPS) is 13.4. The van der Waals surface area contributed by atoms with E-state index in [0.717, 1.165) is 16.5 Å². The van der Waals surface area contributed by atoms with Gasteiger partial charge in [0.2, 0.25) is 0 Å². The lowest BCUT2D eigenvalue weighted by atomic mass is 9.76. The first-order chi connectivity index (χ1) is 9.43. The molecule has 1 unspecified atom stereocenters. The van der Waals surface area contributed by atoms with Crippen LogP contribution in [0.15, 0.2) is 40.2 Å². The first-order valence-corrected chi connectivity index (χ1v) is 8.27. The molecule has 4 heteroatoms. The summed E-state index contributed by atoms with van der Waals surface area (Å²) in [6.45, 7) is 4.40. The minimum Gasteiger partial charge on any atom is -0.316 e. The molecular formula is C16H19BrFNS. The summed E-state index contributed by atoms with van der Waals surface area (Å²) in [7, 11) is 1.98. The van der Waals surface area contributed by atoms with Gasteiger partial charge in [-0.15, -0.1) is 11.3 Å². The van der Waals surface area contributed by atoms with Gasteiger partial charge in [0.15, 0.2) is 0 Å². The van der Waals surface area contributed by atoms with Crippen molar-refractivity contribution < 1.29 is 4.39 Å². The molecule has 2 rings (SSSR count). The average Bonchev–Trinajstić information content (AvgIpc) is 2.82. The van der Waals surface area contributed by atoms with E-state index in [-0.39, 0.29) is 11.2 Å². The lowest BCUT2D eigenvalue weighted by Gasteiger charge is -2.34. The van der Waals surface area contributed by atoms with Crippen molar-refractivity contribution in [2.24, 2.45) is 0 Å². The Kier molecular flexibility index (Phi) is 4.99. The third-order valence-electron chi connectivity index (χ3n) is 3.83. The maximum absolute atomic E-state index is 13.1. The Morgan fingerprint density at radius 2 is 1.95 bits per heavy atom. The van der Waals surface area contributed by atoms with Crippen molar-refractivity contribution in [3.8, 4) is 0 Å². The molecule has 20 heavy (non-hydrogen) atoms. The van der Waals surface area contributed by atoms with E-state index in [1.165, 1.54) is 17.0 Å². The van der Waals surface area contributed by atoms with Crippen molar-refractivity contribution in [3.05, 3.63) is 56.4 Å². The van der Waals surface area contributed by atoms with E-state index in [0.29, 0.717) is 6.04 Å². The highest BCUT2D eigenvalue weighted by atomic mass is 79.9. The van der Waals surface area contributed by atoms with E-state index in [1.807, 2.05) is 19.2 Å². The number of hydrogen-bond acceptors (Lipinski definition) is 2. The van der Waals surface area contributed by atoms with Crippen LogP contribution in [0.25, 0.3) is 0 Å². The van der Waals surface area contributed by atoms with Crippen LogP contribution < -0.4 is 5.32 Å². The van der Waals surface area contributed by atoms with E-state index in [4.69, 9.17) is 0 Å². The molecule has 0 aliphatic rings. The van der Waals surface area contributed by atoms with E-state index in [2.05, 4.69) is 46.5 Å². The van der Waals surface area contributed by atoms with Gasteiger partial charge in [-0.1, -0.05) is 26.0 Å². The number of hydrogen-bond donors (Lipinski definition) is 1. The van der Waals surface area contributed by atoms with E-state index in [1.54, 1.807) is 11.3 Å². The Morgan fingerprint density at radius 3 is 2.45 bits per heavy atom. The monoisotopic (exact) mass is 355 g/mol. The molecule has 0 aliphatic heterocycles. The van der Waals surface area contributed by atoms with Gasteiger partial charge in [0.1, 0.15) is 5.82 Å². The lowest BCUT2D eigenvalue weighted by molar-refractivity contribution is 0.358. The number of halogens is 2. The van der Waals surface area contributed by atoms with E-state index >= 15 is 0 Å². The fourth-order valence-corrected chi connectivity index (χ4v) is 3.96. The van der Waals surface area contributed by atoms with Gasteiger partial charge in [-0.2, -0.15) is 0 Å². The van der Waals surface area contributed by atoms with Gasteiger partial charge in [-0.3, -0.25) is 0 Å². The molecule has 1 heterocycles. The third-order valence-corrected chi connectivity index (χ3v) is 5.55. The lowest BCUT2D eigenvalue weighted by Crippen LogP contribution is -2.44. The van der Waals surface area contributed by atoms with Crippen LogP contribution in [0.4, 0.5) is 4.39 Å². The summed E-state index contributed by atoms with van der Waals surface area (Å²) in [5, 5.41) is 5.51. The van der Waals surface area contributed by atoms with Gasteiger partial charge >= 0.3 is 0 Å². The molecule has 1 nitrogen and oxygen atoms in total. The molecule has 1 aromatic carbocycles. The van der Waals surface area contributed by atoms with Crippen molar-refractivity contribution in [2.75, 3.05) is 7.05 Å². The van der Waals surface area contributed by atoms with Crippen molar-refractivity contribution >= 4 is 27.3 Å². The summed E-state index contributed by atoms with van der Waals surface area (Å²) >= 11 is 5.26. The van der Waals surface area contributed by atoms with E-state index < -0.39 is 0 Å². The van der Waals surface area contributed by atoms with Crippen molar-refractivity contribution in [1.29, 1.82) is 0 Å². The first kappa shape index (κ1) is 15.7. The van der Waals surface area contributed by atoms with Gasteiger partial charge in [0.05, 0.1) is 0 Å². The summed E-state index contributed by atoms with van der Waals surface area (Å²) in [4.78, 5) is 1.34. The number of likely N-dealkylation sites (N-methyl/N-ethyl adjacent to an activating group) is 1. The molecule has 108 valence electrons. The molecule has 2 aromatic rings. The minimum atomic E-state index is -0.187. The summed E-state index contributed by atoms with van der Waals surface area (Å²) in [5.74, 6) is -0.187. The van der Waals surface area contributed by atoms with Crippen LogP contribution in [-0.2, 0) is 11.8 Å². The zero-order valence-electron chi connectivity index (χ0n) is 11.9. The molecule has 0 bridgehead atoms. The third kappa shape index (κ3) is 3.48. The van der Waals surface area contributed by atoms with Crippen LogP contribution in [0.3, 0.4) is 0 Å². The molecule has 0 spiro atoms. The second-order valence-electron chi connectivity index (χ2n) is 5.51. The molecule has 1 atom stereocenters. The summed E-state index contributed by atoms with van der Waals surface area (Å²) < 4.78 is 14.2. The van der Waals surface area contributed by atoms with Crippen LogP contribution in [0.1, 0.15) is 24.3 Å². The second kappa shape index (κ2) is 6.37. The number of rotatable bonds is 5. The maximum Gasteiger partial charge on any atom is 0.123 e. The highest BCUT2D eigenvalue weighted by Crippen LogP contribution is 2.31. The van der Waals surface area contributed by atoms with Gasteiger partial charge in [-0.05, 0) is 53.2 Å². The summed E-state index contributed by atoms with van der Waals surface area (Å²) in [6.07, 6.45) is 0.955. The minimum absolute atomic E-state index is 0.0705. The Labute approximate surface area is 132 Å². The van der Waals surface area contributed by atoms with Crippen LogP contribution in [-0.4, -0.2) is 13.1 Å². The number of thiophene rings is 1. The fraction of sp³-hybridized carbons (Fsp3) is 0.375. The van der Waals surface area contributed by atoms with Crippen molar-refractivity contribution in [3.63, 3.8) is 0 Å². The maximum atomic E-state index is 13.1. The van der Waals surface area contributed by atoms with E-state index in [9.17, 15) is 4.39 Å². The Bertz CT molecular complexity index is 562. The Morgan fingerprint density at radius 1 is 1.30 bits per heavy atom. The standard InChI is InChI=1S/C16H19BrFNS/c1-16(2,11-4-6-13(18)7-5-11)15(19-3)9-14-8-12(17)10-20-14/h4-8,10,15,19H,9H2,1-3H3. The fourth-order valence-electron chi connectivity index (χ4n) is 2.46. The second-order valence-corrected chi connectivity index (χ2v) is 7.42. The largest absolute Gasteiger partial charge is 0.316 e. The predicted octanol–water partition coefficient (Wildman–Crippen LogP) is 4.76. The molecule has 0 saturated heterocycles. The topological polar surface area (TPSA) is 12.0 Å². The number of benzene rings is 1. The molecule has 0 fully saturated rings. The van der Waals surface area contributed by atoms with Gasteiger partial charge in [0.25, 0.3) is 0 Å². The van der Waals surface area contributed by atoms with Crippen LogP contribution >= 0.6 is 27.3 Å². The van der Waals surface area contributed by atoms with Gasteiger partial charge < -0.3 is 5.32 Å². The first-order valence-electron chi connectivity index (χ1n) is 6.59. The highest BCUT2D eigenvalue weighted by Gasteiger charge is 2.30. The van der Waals surface area contributed by atoms with Gasteiger partial charge in [0, 0.05) is 26.2 Å². The van der Waals surface area contributed by atoms with Crippen LogP contribution in [0, 0.1) is 5.82 Å². The Hall–Kier alpha value is -0.710. The average molecular weight is 356 g/mol. The molecule has 1 N–H and O–H groups in total. The summed E-state index contributed by atoms with van der Waals surface area (Å²) in [5.41, 5.74) is 1.08. The van der Waals surface area contributed by atoms with Gasteiger partial charge in [-0.25, -0.2) is 4.39 Å². The zero-order valence-corrected chi connectivity index (χ0v) is 14.3. The van der Waals surface area contributed by atoms with Crippen molar-refractivity contribution in [2.45, 2.75) is 31.7 Å². The zero-order chi connectivity index (χ0) is 14.8.